The van der Waals surface area contributed by atoms with Gasteiger partial charge in [0.25, 0.3) is 17.0 Å². The number of pyridine rings is 2. The summed E-state index contributed by atoms with van der Waals surface area (Å²) in [6.07, 6.45) is 2.68. The van der Waals surface area contributed by atoms with Gasteiger partial charge in [-0.05, 0) is 43.7 Å². The summed E-state index contributed by atoms with van der Waals surface area (Å²) in [5.41, 5.74) is 0.454. The van der Waals surface area contributed by atoms with Gasteiger partial charge in [0.2, 0.25) is 17.7 Å². The van der Waals surface area contributed by atoms with Gasteiger partial charge in [-0.2, -0.15) is 19.0 Å². The number of ether oxygens (including phenoxy) is 1. The molecule has 5 heterocycles. The van der Waals surface area contributed by atoms with Crippen LogP contribution < -0.4 is 31.4 Å². The van der Waals surface area contributed by atoms with Crippen LogP contribution in [0, 0.1) is 0 Å². The molecule has 4 aromatic heterocycles. The van der Waals surface area contributed by atoms with Gasteiger partial charge < -0.3 is 20.3 Å². The van der Waals surface area contributed by atoms with Gasteiger partial charge in [-0.15, -0.1) is 0 Å². The van der Waals surface area contributed by atoms with Crippen LogP contribution in [0.1, 0.15) is 12.5 Å². The molecule has 2 N–H and O–H groups in total. The average Bonchev–Trinajstić information content (AvgIpc) is 3.03. The van der Waals surface area contributed by atoms with Gasteiger partial charge in [-0.3, -0.25) is 19.2 Å². The summed E-state index contributed by atoms with van der Waals surface area (Å²) in [7, 11) is 0. The zero-order valence-corrected chi connectivity index (χ0v) is 25.4. The molecule has 1 aliphatic rings. The molecule has 0 aliphatic carbocycles. The van der Waals surface area contributed by atoms with E-state index in [0.29, 0.717) is 29.2 Å². The van der Waals surface area contributed by atoms with Crippen LogP contribution in [0.2, 0.25) is 0 Å². The van der Waals surface area contributed by atoms with E-state index in [4.69, 9.17) is 0 Å². The second-order valence-corrected chi connectivity index (χ2v) is 10.7. The predicted molar refractivity (Wildman–Crippen MR) is 163 cm³/mol. The van der Waals surface area contributed by atoms with Crippen molar-refractivity contribution < 1.29 is 31.9 Å². The Kier molecular flexibility index (Phi) is 10.1. The van der Waals surface area contributed by atoms with E-state index in [2.05, 4.69) is 35.5 Å². The van der Waals surface area contributed by atoms with Gasteiger partial charge in [0.05, 0.1) is 24.5 Å². The van der Waals surface area contributed by atoms with Crippen molar-refractivity contribution in [2.45, 2.75) is 39.0 Å². The molecular weight excluding hydrogens is 642 g/mol. The number of amides is 2. The van der Waals surface area contributed by atoms with Crippen LogP contribution in [-0.4, -0.2) is 80.1 Å². The Morgan fingerprint density at radius 1 is 0.896 bits per heavy atom. The van der Waals surface area contributed by atoms with E-state index < -0.39 is 61.6 Å². The molecule has 0 bridgehead atoms. The van der Waals surface area contributed by atoms with E-state index in [9.17, 15) is 36.7 Å². The van der Waals surface area contributed by atoms with E-state index in [1.807, 2.05) is 0 Å². The van der Waals surface area contributed by atoms with Crippen molar-refractivity contribution in [3.05, 3.63) is 81.1 Å². The molecule has 0 saturated carbocycles. The number of aromatic nitrogens is 6. The number of likely N-dealkylation sites (N-methyl/N-ethyl adjacent to an activating group) is 1. The maximum atomic E-state index is 13.2. The van der Waals surface area contributed by atoms with Gasteiger partial charge >= 0.3 is 6.61 Å². The smallest absolute Gasteiger partial charge is 0.388 e. The van der Waals surface area contributed by atoms with Gasteiger partial charge in [0, 0.05) is 54.3 Å². The number of carbonyl (C=O) groups is 2. The topological polar surface area (TPSA) is 166 Å². The quantitative estimate of drug-likeness (QED) is 0.199. The zero-order chi connectivity index (χ0) is 34.4. The molecule has 252 valence electrons. The summed E-state index contributed by atoms with van der Waals surface area (Å²) in [6, 6.07) is 9.93. The highest BCUT2D eigenvalue weighted by Crippen LogP contribution is 2.31. The molecule has 1 saturated heterocycles. The van der Waals surface area contributed by atoms with Gasteiger partial charge in [-0.25, -0.2) is 28.1 Å². The molecule has 48 heavy (non-hydrogen) atoms. The van der Waals surface area contributed by atoms with Crippen LogP contribution >= 0.6 is 0 Å². The van der Waals surface area contributed by atoms with Crippen molar-refractivity contribution in [2.75, 3.05) is 31.1 Å². The monoisotopic (exact) mass is 671 g/mol. The Labute approximate surface area is 269 Å². The Balaban J connectivity index is 1.26. The van der Waals surface area contributed by atoms with Crippen molar-refractivity contribution >= 4 is 17.6 Å². The predicted octanol–water partition coefficient (Wildman–Crippen LogP) is 1.48. The van der Waals surface area contributed by atoms with Crippen LogP contribution in [0.4, 0.5) is 23.4 Å². The number of rotatable bonds is 13. The second kappa shape index (κ2) is 14.4. The number of alkyl halides is 4. The third kappa shape index (κ3) is 8.37. The van der Waals surface area contributed by atoms with E-state index >= 15 is 0 Å². The molecular formula is C30H29F4N9O5. The lowest BCUT2D eigenvalue weighted by Crippen LogP contribution is -2.56. The standard InChI is InChI=1S/C30H29F4N9O5/c1-2-35-24(44)15-43-28(47)18(11-22(40-43)20-4-7-26(38-13-20)48-29(31)32)9-10-36-25(45)14-42-27(46)8-5-21(39-42)19-3-6-23(37-12-19)41-16-30(33,34)17-41/h3-8,11-13,29H,2,9-10,14-17H2,1H3,(H,35,44)(H,36,45). The van der Waals surface area contributed by atoms with Gasteiger partial charge in [0.15, 0.2) is 0 Å². The Morgan fingerprint density at radius 2 is 1.56 bits per heavy atom. The first-order valence-electron chi connectivity index (χ1n) is 14.6. The largest absolute Gasteiger partial charge is 0.417 e. The number of nitrogens with one attached hydrogen (secondary N) is 2. The molecule has 2 amide bonds. The molecule has 0 spiro atoms. The maximum Gasteiger partial charge on any atom is 0.388 e. The fourth-order valence-electron chi connectivity index (χ4n) is 4.75. The lowest BCUT2D eigenvalue weighted by molar-refractivity contribution is -0.122. The van der Waals surface area contributed by atoms with E-state index in [1.165, 1.54) is 47.6 Å². The Hall–Kier alpha value is -5.68. The molecule has 0 radical (unpaired) electrons. The van der Waals surface area contributed by atoms with Crippen LogP contribution in [0.3, 0.4) is 0 Å². The van der Waals surface area contributed by atoms with Crippen LogP contribution in [-0.2, 0) is 29.1 Å². The minimum Gasteiger partial charge on any atom is -0.417 e. The summed E-state index contributed by atoms with van der Waals surface area (Å²) < 4.78 is 57.6. The molecule has 5 rings (SSSR count). The lowest BCUT2D eigenvalue weighted by atomic mass is 10.1. The first kappa shape index (κ1) is 33.7. The Bertz CT molecular complexity index is 1890. The van der Waals surface area contributed by atoms with E-state index in [-0.39, 0.29) is 30.1 Å². The molecule has 1 aliphatic heterocycles. The number of hydrogen-bond acceptors (Lipinski definition) is 10. The molecule has 4 aromatic rings. The molecule has 0 atom stereocenters. The van der Waals surface area contributed by atoms with Gasteiger partial charge in [-0.1, -0.05) is 0 Å². The van der Waals surface area contributed by atoms with Crippen molar-refractivity contribution in [3.8, 4) is 28.4 Å². The fourth-order valence-corrected chi connectivity index (χ4v) is 4.75. The highest BCUT2D eigenvalue weighted by atomic mass is 19.3. The first-order valence-corrected chi connectivity index (χ1v) is 14.6. The van der Waals surface area contributed by atoms with Crippen molar-refractivity contribution in [2.24, 2.45) is 0 Å². The molecule has 18 heteroatoms. The molecule has 14 nitrogen and oxygen atoms in total. The fraction of sp³-hybridized carbons (Fsp3) is 0.333. The summed E-state index contributed by atoms with van der Waals surface area (Å²) in [6.45, 7) is -2.73. The molecule has 0 unspecified atom stereocenters. The highest BCUT2D eigenvalue weighted by molar-refractivity contribution is 5.76. The third-order valence-corrected chi connectivity index (χ3v) is 7.05. The number of halogens is 4. The summed E-state index contributed by atoms with van der Waals surface area (Å²) >= 11 is 0. The summed E-state index contributed by atoms with van der Waals surface area (Å²) in [4.78, 5) is 60.0. The minimum absolute atomic E-state index is 0.0127. The summed E-state index contributed by atoms with van der Waals surface area (Å²) in [5, 5.41) is 13.7. The van der Waals surface area contributed by atoms with E-state index in [0.717, 1.165) is 9.36 Å². The second-order valence-electron chi connectivity index (χ2n) is 10.7. The summed E-state index contributed by atoms with van der Waals surface area (Å²) in [5.74, 6) is -3.73. The minimum atomic E-state index is -3.06. The average molecular weight is 672 g/mol. The van der Waals surface area contributed by atoms with Crippen molar-refractivity contribution in [1.82, 2.24) is 40.2 Å². The zero-order valence-electron chi connectivity index (χ0n) is 25.4. The Morgan fingerprint density at radius 3 is 2.21 bits per heavy atom. The number of hydrogen-bond donors (Lipinski definition) is 2. The van der Waals surface area contributed by atoms with Crippen LogP contribution in [0.25, 0.3) is 22.5 Å². The van der Waals surface area contributed by atoms with Gasteiger partial charge in [0.1, 0.15) is 18.9 Å². The molecule has 1 fully saturated rings. The van der Waals surface area contributed by atoms with E-state index in [1.54, 1.807) is 19.1 Å². The first-order chi connectivity index (χ1) is 22.9. The van der Waals surface area contributed by atoms with Crippen molar-refractivity contribution in [3.63, 3.8) is 0 Å². The number of nitrogens with zero attached hydrogens (tertiary/aromatic N) is 7. The highest BCUT2D eigenvalue weighted by Gasteiger charge is 2.44. The normalized spacial score (nSPS) is 13.6. The lowest BCUT2D eigenvalue weighted by Gasteiger charge is -2.39. The van der Waals surface area contributed by atoms with Crippen LogP contribution in [0.5, 0.6) is 5.88 Å². The van der Waals surface area contributed by atoms with Crippen LogP contribution in [0.15, 0.2) is 64.4 Å². The number of carbonyl (C=O) groups excluding carboxylic acids is 2. The number of anilines is 1. The maximum absolute atomic E-state index is 13.2. The van der Waals surface area contributed by atoms with Crippen molar-refractivity contribution in [1.29, 1.82) is 0 Å². The third-order valence-electron chi connectivity index (χ3n) is 7.05. The molecule has 0 aromatic carbocycles. The SMILES string of the molecule is CCNC(=O)Cn1nc(-c2ccc(OC(F)F)nc2)cc(CCNC(=O)Cn2nc(-c3ccc(N4CC(F)(F)C4)nc3)ccc2=O)c1=O.